The average Bonchev–Trinajstić information content (AvgIpc) is 2.27. The van der Waals surface area contributed by atoms with Gasteiger partial charge in [0.2, 0.25) is 5.91 Å². The average molecular weight is 301 g/mol. The zero-order valence-electron chi connectivity index (χ0n) is 9.24. The van der Waals surface area contributed by atoms with Crippen LogP contribution in [0.1, 0.15) is 17.3 Å². The molecular weight excluding hydrogens is 288 g/mol. The number of hydrogen-bond donors (Lipinski definition) is 3. The van der Waals surface area contributed by atoms with Crippen molar-refractivity contribution in [1.82, 2.24) is 0 Å². The van der Waals surface area contributed by atoms with Crippen LogP contribution in [0.15, 0.2) is 22.7 Å². The maximum atomic E-state index is 11.6. The van der Waals surface area contributed by atoms with Gasteiger partial charge < -0.3 is 16.2 Å². The van der Waals surface area contributed by atoms with Gasteiger partial charge in [0.15, 0.2) is 0 Å². The van der Waals surface area contributed by atoms with Crippen LogP contribution in [-0.2, 0) is 4.79 Å². The van der Waals surface area contributed by atoms with Gasteiger partial charge in [-0.3, -0.25) is 4.79 Å². The summed E-state index contributed by atoms with van der Waals surface area (Å²) < 4.78 is 0.693. The molecular formula is C11H13BrN2O3. The molecule has 0 spiro atoms. The van der Waals surface area contributed by atoms with E-state index in [1.54, 1.807) is 19.1 Å². The van der Waals surface area contributed by atoms with E-state index in [2.05, 4.69) is 21.2 Å². The molecule has 1 aromatic carbocycles. The molecule has 0 aliphatic carbocycles. The minimum atomic E-state index is -1.09. The minimum absolute atomic E-state index is 0.0470. The van der Waals surface area contributed by atoms with Gasteiger partial charge in [0, 0.05) is 16.9 Å². The van der Waals surface area contributed by atoms with Gasteiger partial charge in [-0.25, -0.2) is 4.79 Å². The van der Waals surface area contributed by atoms with Gasteiger partial charge in [-0.1, -0.05) is 22.9 Å². The molecule has 0 fully saturated rings. The quantitative estimate of drug-likeness (QED) is 0.789. The number of nitrogens with two attached hydrogens (primary N) is 1. The van der Waals surface area contributed by atoms with Gasteiger partial charge in [-0.2, -0.15) is 0 Å². The summed E-state index contributed by atoms with van der Waals surface area (Å²) in [6.07, 6.45) is 0. The van der Waals surface area contributed by atoms with Crippen LogP contribution in [0.4, 0.5) is 5.69 Å². The molecule has 0 heterocycles. The fourth-order valence-corrected chi connectivity index (χ4v) is 1.53. The van der Waals surface area contributed by atoms with Crippen LogP contribution in [0.3, 0.4) is 0 Å². The van der Waals surface area contributed by atoms with E-state index >= 15 is 0 Å². The molecule has 0 saturated heterocycles. The summed E-state index contributed by atoms with van der Waals surface area (Å²) in [5.41, 5.74) is 5.68. The van der Waals surface area contributed by atoms with E-state index in [0.717, 1.165) is 0 Å². The first kappa shape index (κ1) is 13.7. The van der Waals surface area contributed by atoms with Crippen LogP contribution in [0.5, 0.6) is 0 Å². The lowest BCUT2D eigenvalue weighted by Gasteiger charge is -2.12. The van der Waals surface area contributed by atoms with Gasteiger partial charge >= 0.3 is 5.97 Å². The lowest BCUT2D eigenvalue weighted by molar-refractivity contribution is -0.119. The first-order valence-corrected chi connectivity index (χ1v) is 5.78. The topological polar surface area (TPSA) is 92.4 Å². The van der Waals surface area contributed by atoms with E-state index < -0.39 is 5.97 Å². The molecule has 17 heavy (non-hydrogen) atoms. The number of hydrogen-bond acceptors (Lipinski definition) is 3. The van der Waals surface area contributed by atoms with Crippen molar-refractivity contribution >= 4 is 33.5 Å². The molecule has 5 nitrogen and oxygen atoms in total. The Hall–Kier alpha value is -1.40. The Balaban J connectivity index is 3.00. The van der Waals surface area contributed by atoms with E-state index in [9.17, 15) is 9.59 Å². The number of benzene rings is 1. The van der Waals surface area contributed by atoms with Gasteiger partial charge in [0.1, 0.15) is 0 Å². The Labute approximate surface area is 107 Å². The predicted octanol–water partition coefficient (Wildman–Crippen LogP) is 1.68. The third-order valence-corrected chi connectivity index (χ3v) is 2.76. The number of nitrogens with one attached hydrogen (secondary N) is 1. The second kappa shape index (κ2) is 5.79. The molecule has 92 valence electrons. The smallest absolute Gasteiger partial charge is 0.337 e. The Morgan fingerprint density at radius 2 is 2.18 bits per heavy atom. The van der Waals surface area contributed by atoms with Crippen molar-refractivity contribution in [2.45, 2.75) is 6.92 Å². The van der Waals surface area contributed by atoms with Crippen LogP contribution in [0, 0.1) is 5.92 Å². The molecule has 6 heteroatoms. The van der Waals surface area contributed by atoms with E-state index in [1.165, 1.54) is 6.07 Å². The third kappa shape index (κ3) is 3.54. The highest BCUT2D eigenvalue weighted by Crippen LogP contribution is 2.22. The molecule has 0 aromatic heterocycles. The Morgan fingerprint density at radius 3 is 2.71 bits per heavy atom. The second-order valence-electron chi connectivity index (χ2n) is 3.62. The number of carbonyl (C=O) groups is 2. The number of rotatable bonds is 4. The SMILES string of the molecule is CC(CN)C(=O)Nc1cc(Br)ccc1C(=O)O. The molecule has 1 amide bonds. The van der Waals surface area contributed by atoms with Gasteiger partial charge in [-0.15, -0.1) is 0 Å². The highest BCUT2D eigenvalue weighted by atomic mass is 79.9. The summed E-state index contributed by atoms with van der Waals surface area (Å²) in [7, 11) is 0. The predicted molar refractivity (Wildman–Crippen MR) is 67.9 cm³/mol. The summed E-state index contributed by atoms with van der Waals surface area (Å²) in [5, 5.41) is 11.5. The maximum absolute atomic E-state index is 11.6. The largest absolute Gasteiger partial charge is 0.478 e. The Morgan fingerprint density at radius 1 is 1.53 bits per heavy atom. The lowest BCUT2D eigenvalue weighted by atomic mass is 10.1. The van der Waals surface area contributed by atoms with Crippen LogP contribution >= 0.6 is 15.9 Å². The second-order valence-corrected chi connectivity index (χ2v) is 4.54. The number of carboxylic acids is 1. The standard InChI is InChI=1S/C11H13BrN2O3/c1-6(5-13)10(15)14-9-4-7(12)2-3-8(9)11(16)17/h2-4,6H,5,13H2,1H3,(H,14,15)(H,16,17). The van der Waals surface area contributed by atoms with Crippen LogP contribution in [-0.4, -0.2) is 23.5 Å². The molecule has 0 radical (unpaired) electrons. The fourth-order valence-electron chi connectivity index (χ4n) is 1.17. The number of carbonyl (C=O) groups excluding carboxylic acids is 1. The van der Waals surface area contributed by atoms with Crippen molar-refractivity contribution in [2.75, 3.05) is 11.9 Å². The fraction of sp³-hybridized carbons (Fsp3) is 0.273. The first-order chi connectivity index (χ1) is 7.95. The number of halogens is 1. The van der Waals surface area contributed by atoms with Crippen LogP contribution < -0.4 is 11.1 Å². The maximum Gasteiger partial charge on any atom is 0.337 e. The van der Waals surface area contributed by atoms with Crippen molar-refractivity contribution in [3.8, 4) is 0 Å². The Bertz CT molecular complexity index is 448. The van der Waals surface area contributed by atoms with Crippen molar-refractivity contribution in [1.29, 1.82) is 0 Å². The molecule has 1 aromatic rings. The first-order valence-electron chi connectivity index (χ1n) is 4.99. The molecule has 0 aliphatic heterocycles. The zero-order chi connectivity index (χ0) is 13.0. The number of amides is 1. The van der Waals surface area contributed by atoms with E-state index in [0.29, 0.717) is 4.47 Å². The number of carboxylic acid groups (broad SMARTS) is 1. The molecule has 4 N–H and O–H groups in total. The van der Waals surface area contributed by atoms with E-state index in [1.807, 2.05) is 0 Å². The summed E-state index contributed by atoms with van der Waals surface area (Å²) in [5.74, 6) is -1.75. The Kier molecular flexibility index (Phi) is 4.65. The summed E-state index contributed by atoms with van der Waals surface area (Å²) in [6.45, 7) is 1.88. The third-order valence-electron chi connectivity index (χ3n) is 2.27. The molecule has 0 bridgehead atoms. The van der Waals surface area contributed by atoms with Crippen LogP contribution in [0.2, 0.25) is 0 Å². The molecule has 1 rings (SSSR count). The number of aromatic carboxylic acids is 1. The highest BCUT2D eigenvalue weighted by molar-refractivity contribution is 9.10. The van der Waals surface area contributed by atoms with Gasteiger partial charge in [0.25, 0.3) is 0 Å². The zero-order valence-corrected chi connectivity index (χ0v) is 10.8. The number of anilines is 1. The van der Waals surface area contributed by atoms with Crippen LogP contribution in [0.25, 0.3) is 0 Å². The monoisotopic (exact) mass is 300 g/mol. The highest BCUT2D eigenvalue weighted by Gasteiger charge is 2.16. The van der Waals surface area contributed by atoms with E-state index in [4.69, 9.17) is 10.8 Å². The molecule has 1 unspecified atom stereocenters. The molecule has 0 saturated carbocycles. The lowest BCUT2D eigenvalue weighted by Crippen LogP contribution is -2.27. The summed E-state index contributed by atoms with van der Waals surface area (Å²) >= 11 is 3.22. The van der Waals surface area contributed by atoms with Gasteiger partial charge in [-0.05, 0) is 18.2 Å². The van der Waals surface area contributed by atoms with Crippen molar-refractivity contribution in [3.05, 3.63) is 28.2 Å². The normalized spacial score (nSPS) is 11.9. The summed E-state index contributed by atoms with van der Waals surface area (Å²) in [4.78, 5) is 22.6. The minimum Gasteiger partial charge on any atom is -0.478 e. The summed E-state index contributed by atoms with van der Waals surface area (Å²) in [6, 6.07) is 4.57. The van der Waals surface area contributed by atoms with Crippen molar-refractivity contribution < 1.29 is 14.7 Å². The van der Waals surface area contributed by atoms with Gasteiger partial charge in [0.05, 0.1) is 11.3 Å². The molecule has 1 atom stereocenters. The molecule has 0 aliphatic rings. The van der Waals surface area contributed by atoms with Crippen molar-refractivity contribution in [3.63, 3.8) is 0 Å². The van der Waals surface area contributed by atoms with Crippen molar-refractivity contribution in [2.24, 2.45) is 11.7 Å². The van der Waals surface area contributed by atoms with E-state index in [-0.39, 0.29) is 29.6 Å².